The van der Waals surface area contributed by atoms with Crippen LogP contribution in [0, 0.1) is 0 Å². The van der Waals surface area contributed by atoms with Crippen LogP contribution in [0.5, 0.6) is 11.5 Å². The minimum absolute atomic E-state index is 0.190. The van der Waals surface area contributed by atoms with Crippen LogP contribution >= 0.6 is 0 Å². The van der Waals surface area contributed by atoms with Crippen molar-refractivity contribution in [3.8, 4) is 11.5 Å². The van der Waals surface area contributed by atoms with E-state index in [0.29, 0.717) is 22.9 Å². The average Bonchev–Trinajstić information content (AvgIpc) is 2.92. The van der Waals surface area contributed by atoms with E-state index >= 15 is 0 Å². The van der Waals surface area contributed by atoms with Crippen molar-refractivity contribution in [3.05, 3.63) is 121 Å². The van der Waals surface area contributed by atoms with Gasteiger partial charge in [-0.25, -0.2) is 0 Å². The molecule has 0 aliphatic carbocycles. The number of anilines is 2. The van der Waals surface area contributed by atoms with Crippen LogP contribution in [0.3, 0.4) is 0 Å². The molecular formula is C29H24N2O4. The van der Waals surface area contributed by atoms with Crippen molar-refractivity contribution in [2.75, 3.05) is 16.4 Å². The van der Waals surface area contributed by atoms with E-state index in [2.05, 4.69) is 0 Å². The Hall–Kier alpha value is -4.58. The fourth-order valence-corrected chi connectivity index (χ4v) is 4.09. The molecule has 1 heterocycles. The van der Waals surface area contributed by atoms with Crippen LogP contribution in [-0.2, 0) is 9.59 Å². The van der Waals surface area contributed by atoms with Crippen molar-refractivity contribution < 1.29 is 19.1 Å². The summed E-state index contributed by atoms with van der Waals surface area (Å²) < 4.78 is 11.9. The highest BCUT2D eigenvalue weighted by Crippen LogP contribution is 2.35. The first kappa shape index (κ1) is 22.2. The molecule has 0 N–H and O–H groups in total. The summed E-state index contributed by atoms with van der Waals surface area (Å²) in [5.74, 6) is 0.642. The fourth-order valence-electron chi connectivity index (χ4n) is 4.09. The van der Waals surface area contributed by atoms with Gasteiger partial charge in [-0.05, 0) is 48.5 Å². The Morgan fingerprint density at radius 1 is 0.714 bits per heavy atom. The zero-order valence-electron chi connectivity index (χ0n) is 18.9. The predicted octanol–water partition coefficient (Wildman–Crippen LogP) is 4.92. The maximum atomic E-state index is 13.6. The van der Waals surface area contributed by atoms with Gasteiger partial charge in [0.05, 0.1) is 0 Å². The standard InChI is InChI=1S/C29H24N2O4/c32-26(21-34-24-17-9-3-10-18-24)30(22-13-5-1-6-14-22)28-27(35-25-19-11-4-12-20-25)29(33)31(28)23-15-7-2-8-16-23/h1-20,27-28H,21H2/t27-,28-/m1/s1. The highest BCUT2D eigenvalue weighted by atomic mass is 16.5. The van der Waals surface area contributed by atoms with Gasteiger partial charge in [0.1, 0.15) is 11.5 Å². The van der Waals surface area contributed by atoms with E-state index in [9.17, 15) is 9.59 Å². The van der Waals surface area contributed by atoms with E-state index in [0.717, 1.165) is 0 Å². The SMILES string of the molecule is O=C(COc1ccccc1)N(c1ccccc1)[C@H]1[C@@H](Oc2ccccc2)C(=O)N1c1ccccc1. The second-order valence-electron chi connectivity index (χ2n) is 8.01. The third kappa shape index (κ3) is 4.73. The molecule has 35 heavy (non-hydrogen) atoms. The number of hydrogen-bond donors (Lipinski definition) is 0. The van der Waals surface area contributed by atoms with Crippen molar-refractivity contribution in [2.45, 2.75) is 12.3 Å². The number of β-lactam (4-membered cyclic amide) rings is 1. The van der Waals surface area contributed by atoms with Crippen LogP contribution in [0.2, 0.25) is 0 Å². The van der Waals surface area contributed by atoms with Gasteiger partial charge in [0, 0.05) is 11.4 Å². The third-order valence-corrected chi connectivity index (χ3v) is 5.73. The molecule has 1 fully saturated rings. The Morgan fingerprint density at radius 3 is 1.83 bits per heavy atom. The largest absolute Gasteiger partial charge is 0.484 e. The molecule has 174 valence electrons. The molecule has 0 bridgehead atoms. The lowest BCUT2D eigenvalue weighted by Crippen LogP contribution is -2.75. The van der Waals surface area contributed by atoms with E-state index in [1.807, 2.05) is 97.1 Å². The molecule has 0 radical (unpaired) electrons. The molecule has 0 unspecified atom stereocenters. The molecule has 1 aliphatic heterocycles. The summed E-state index contributed by atoms with van der Waals surface area (Å²) in [6.45, 7) is -0.190. The van der Waals surface area contributed by atoms with Crippen LogP contribution < -0.4 is 19.3 Å². The topological polar surface area (TPSA) is 59.1 Å². The second-order valence-corrected chi connectivity index (χ2v) is 8.01. The lowest BCUT2D eigenvalue weighted by molar-refractivity contribution is -0.136. The second kappa shape index (κ2) is 10.1. The monoisotopic (exact) mass is 464 g/mol. The lowest BCUT2D eigenvalue weighted by atomic mass is 10.0. The van der Waals surface area contributed by atoms with Crippen molar-refractivity contribution in [1.82, 2.24) is 0 Å². The first-order valence-electron chi connectivity index (χ1n) is 11.4. The summed E-state index contributed by atoms with van der Waals surface area (Å²) >= 11 is 0. The minimum Gasteiger partial charge on any atom is -0.484 e. The molecule has 1 aliphatic rings. The summed E-state index contributed by atoms with van der Waals surface area (Å²) in [4.78, 5) is 30.2. The molecule has 4 aromatic carbocycles. The summed E-state index contributed by atoms with van der Waals surface area (Å²) in [6, 6.07) is 36.9. The Bertz CT molecular complexity index is 1270. The zero-order valence-corrected chi connectivity index (χ0v) is 18.9. The van der Waals surface area contributed by atoms with Crippen molar-refractivity contribution in [2.24, 2.45) is 0 Å². The van der Waals surface area contributed by atoms with Gasteiger partial charge in [-0.1, -0.05) is 72.8 Å². The molecule has 0 spiro atoms. The molecule has 6 nitrogen and oxygen atoms in total. The first-order chi connectivity index (χ1) is 17.2. The van der Waals surface area contributed by atoms with E-state index < -0.39 is 12.3 Å². The Balaban J connectivity index is 1.50. The van der Waals surface area contributed by atoms with Gasteiger partial charge in [0.25, 0.3) is 11.8 Å². The Kier molecular flexibility index (Phi) is 6.44. The smallest absolute Gasteiger partial charge is 0.274 e. The van der Waals surface area contributed by atoms with Gasteiger partial charge >= 0.3 is 0 Å². The number of carbonyl (C=O) groups excluding carboxylic acids is 2. The first-order valence-corrected chi connectivity index (χ1v) is 11.4. The summed E-state index contributed by atoms with van der Waals surface area (Å²) in [6.07, 6.45) is -1.57. The van der Waals surface area contributed by atoms with Gasteiger partial charge in [-0.3, -0.25) is 19.4 Å². The number of rotatable bonds is 8. The van der Waals surface area contributed by atoms with Crippen molar-refractivity contribution in [3.63, 3.8) is 0 Å². The molecule has 2 amide bonds. The number of benzene rings is 4. The van der Waals surface area contributed by atoms with Gasteiger partial charge in [0.15, 0.2) is 12.8 Å². The Labute approximate surface area is 203 Å². The fraction of sp³-hybridized carbons (Fsp3) is 0.103. The molecule has 5 rings (SSSR count). The van der Waals surface area contributed by atoms with Gasteiger partial charge in [0.2, 0.25) is 6.10 Å². The number of carbonyl (C=O) groups is 2. The maximum Gasteiger partial charge on any atom is 0.274 e. The highest BCUT2D eigenvalue weighted by Gasteiger charge is 2.55. The number of nitrogens with zero attached hydrogens (tertiary/aromatic N) is 2. The van der Waals surface area contributed by atoms with Crippen LogP contribution in [0.4, 0.5) is 11.4 Å². The van der Waals surface area contributed by atoms with Crippen molar-refractivity contribution >= 4 is 23.2 Å². The van der Waals surface area contributed by atoms with Crippen LogP contribution in [0.15, 0.2) is 121 Å². The van der Waals surface area contributed by atoms with Crippen LogP contribution in [-0.4, -0.2) is 30.7 Å². The number of amides is 2. The Morgan fingerprint density at radius 2 is 1.23 bits per heavy atom. The number of hydrogen-bond acceptors (Lipinski definition) is 4. The summed E-state index contributed by atoms with van der Waals surface area (Å²) in [7, 11) is 0. The van der Waals surface area contributed by atoms with E-state index in [1.54, 1.807) is 34.1 Å². The van der Waals surface area contributed by atoms with Gasteiger partial charge in [-0.2, -0.15) is 0 Å². The average molecular weight is 465 g/mol. The van der Waals surface area contributed by atoms with E-state index in [1.165, 1.54) is 0 Å². The summed E-state index contributed by atoms with van der Waals surface area (Å²) in [5, 5.41) is 0. The quantitative estimate of drug-likeness (QED) is 0.348. The van der Waals surface area contributed by atoms with Gasteiger partial charge in [-0.15, -0.1) is 0 Å². The normalized spacial score (nSPS) is 16.8. The molecule has 4 aromatic rings. The zero-order chi connectivity index (χ0) is 24.0. The van der Waals surface area contributed by atoms with Crippen LogP contribution in [0.1, 0.15) is 0 Å². The highest BCUT2D eigenvalue weighted by molar-refractivity contribution is 6.09. The molecule has 2 atom stereocenters. The molecular weight excluding hydrogens is 440 g/mol. The predicted molar refractivity (Wildman–Crippen MR) is 134 cm³/mol. The van der Waals surface area contributed by atoms with E-state index in [-0.39, 0.29) is 18.4 Å². The maximum absolute atomic E-state index is 13.6. The van der Waals surface area contributed by atoms with Crippen LogP contribution in [0.25, 0.3) is 0 Å². The molecule has 6 heteroatoms. The minimum atomic E-state index is -0.876. The van der Waals surface area contributed by atoms with Gasteiger partial charge < -0.3 is 9.47 Å². The number of para-hydroxylation sites is 4. The van der Waals surface area contributed by atoms with E-state index in [4.69, 9.17) is 9.47 Å². The van der Waals surface area contributed by atoms with Crippen molar-refractivity contribution in [1.29, 1.82) is 0 Å². The lowest BCUT2D eigenvalue weighted by Gasteiger charge is -2.50. The number of ether oxygens (including phenoxy) is 2. The molecule has 1 saturated heterocycles. The molecule has 0 saturated carbocycles. The third-order valence-electron chi connectivity index (χ3n) is 5.73. The summed E-state index contributed by atoms with van der Waals surface area (Å²) in [5.41, 5.74) is 1.34. The molecule has 0 aromatic heterocycles.